The number of ether oxygens (including phenoxy) is 1. The number of aromatic nitrogens is 1. The van der Waals surface area contributed by atoms with Gasteiger partial charge in [-0.15, -0.1) is 6.42 Å². The predicted octanol–water partition coefficient (Wildman–Crippen LogP) is 4.62. The molecule has 0 bridgehead atoms. The van der Waals surface area contributed by atoms with Crippen LogP contribution in [-0.2, 0) is 6.61 Å². The minimum Gasteiger partial charge on any atom is -0.473 e. The first-order valence-electron chi connectivity index (χ1n) is 7.46. The van der Waals surface area contributed by atoms with E-state index in [1.807, 2.05) is 67.7 Å². The Balaban J connectivity index is 1.72. The van der Waals surface area contributed by atoms with Gasteiger partial charge in [-0.2, -0.15) is 0 Å². The minimum atomic E-state index is 0.517. The molecule has 2 aromatic carbocycles. The number of nitrogens with zero attached hydrogens (tertiary/aromatic N) is 1. The van der Waals surface area contributed by atoms with Crippen LogP contribution >= 0.6 is 0 Å². The predicted molar refractivity (Wildman–Crippen MR) is 93.1 cm³/mol. The standard InChI is InChI=1S/C21H17NO/c1-3-18-9-10-19(13-16(18)2)20-11-12-21(22-14-20)23-15-17-7-5-4-6-8-17/h1,4-14H,15H2,2H3. The molecule has 2 heteroatoms. The van der Waals surface area contributed by atoms with E-state index < -0.39 is 0 Å². The zero-order chi connectivity index (χ0) is 16.1. The Morgan fingerprint density at radius 2 is 1.78 bits per heavy atom. The van der Waals surface area contributed by atoms with Crippen LogP contribution < -0.4 is 4.74 Å². The average molecular weight is 299 g/mol. The fraction of sp³-hybridized carbons (Fsp3) is 0.0952. The zero-order valence-electron chi connectivity index (χ0n) is 13.0. The third kappa shape index (κ3) is 3.59. The van der Waals surface area contributed by atoms with Crippen molar-refractivity contribution >= 4 is 0 Å². The molecule has 1 aromatic heterocycles. The second kappa shape index (κ2) is 6.81. The third-order valence-corrected chi connectivity index (χ3v) is 3.68. The van der Waals surface area contributed by atoms with Crippen molar-refractivity contribution in [3.05, 3.63) is 83.6 Å². The third-order valence-electron chi connectivity index (χ3n) is 3.68. The van der Waals surface area contributed by atoms with Crippen LogP contribution in [0.2, 0.25) is 0 Å². The van der Waals surface area contributed by atoms with E-state index in [1.165, 1.54) is 0 Å². The van der Waals surface area contributed by atoms with E-state index in [1.54, 1.807) is 0 Å². The highest BCUT2D eigenvalue weighted by Gasteiger charge is 2.03. The van der Waals surface area contributed by atoms with E-state index in [2.05, 4.69) is 17.0 Å². The zero-order valence-corrected chi connectivity index (χ0v) is 13.0. The number of aryl methyl sites for hydroxylation is 1. The fourth-order valence-electron chi connectivity index (χ4n) is 2.37. The van der Waals surface area contributed by atoms with Crippen molar-refractivity contribution in [2.45, 2.75) is 13.5 Å². The molecule has 0 aliphatic rings. The van der Waals surface area contributed by atoms with Crippen LogP contribution in [0.3, 0.4) is 0 Å². The van der Waals surface area contributed by atoms with Crippen molar-refractivity contribution < 1.29 is 4.74 Å². The minimum absolute atomic E-state index is 0.517. The van der Waals surface area contributed by atoms with Gasteiger partial charge < -0.3 is 4.74 Å². The van der Waals surface area contributed by atoms with Crippen LogP contribution in [0.15, 0.2) is 66.9 Å². The van der Waals surface area contributed by atoms with Crippen LogP contribution in [0.5, 0.6) is 5.88 Å². The van der Waals surface area contributed by atoms with Crippen molar-refractivity contribution in [3.8, 4) is 29.4 Å². The topological polar surface area (TPSA) is 22.1 Å². The SMILES string of the molecule is C#Cc1ccc(-c2ccc(OCc3ccccc3)nc2)cc1C. The molecular formula is C21H17NO. The maximum absolute atomic E-state index is 5.71. The molecule has 0 N–H and O–H groups in total. The molecular weight excluding hydrogens is 282 g/mol. The number of terminal acetylenes is 1. The lowest BCUT2D eigenvalue weighted by atomic mass is 10.0. The van der Waals surface area contributed by atoms with Crippen LogP contribution in [0.25, 0.3) is 11.1 Å². The molecule has 0 unspecified atom stereocenters. The molecule has 3 aromatic rings. The van der Waals surface area contributed by atoms with Gasteiger partial charge in [-0.05, 0) is 35.7 Å². The summed E-state index contributed by atoms with van der Waals surface area (Å²) in [6.07, 6.45) is 7.29. The van der Waals surface area contributed by atoms with Gasteiger partial charge in [-0.25, -0.2) is 4.98 Å². The highest BCUT2D eigenvalue weighted by atomic mass is 16.5. The highest BCUT2D eigenvalue weighted by molar-refractivity contribution is 5.65. The van der Waals surface area contributed by atoms with Crippen molar-refractivity contribution in [2.75, 3.05) is 0 Å². The first-order chi connectivity index (χ1) is 11.3. The lowest BCUT2D eigenvalue weighted by Crippen LogP contribution is -1.96. The van der Waals surface area contributed by atoms with Crippen LogP contribution in [-0.4, -0.2) is 4.98 Å². The lowest BCUT2D eigenvalue weighted by Gasteiger charge is -2.07. The molecule has 0 aliphatic heterocycles. The molecule has 1 heterocycles. The lowest BCUT2D eigenvalue weighted by molar-refractivity contribution is 0.294. The molecule has 0 aliphatic carbocycles. The normalized spacial score (nSPS) is 10.1. The van der Waals surface area contributed by atoms with Gasteiger partial charge in [0.05, 0.1) is 0 Å². The molecule has 3 rings (SSSR count). The monoisotopic (exact) mass is 299 g/mol. The van der Waals surface area contributed by atoms with Gasteiger partial charge in [0.2, 0.25) is 5.88 Å². The van der Waals surface area contributed by atoms with E-state index in [9.17, 15) is 0 Å². The van der Waals surface area contributed by atoms with Gasteiger partial charge in [0, 0.05) is 23.4 Å². The number of hydrogen-bond acceptors (Lipinski definition) is 2. The highest BCUT2D eigenvalue weighted by Crippen LogP contribution is 2.23. The summed E-state index contributed by atoms with van der Waals surface area (Å²) in [7, 11) is 0. The summed E-state index contributed by atoms with van der Waals surface area (Å²) < 4.78 is 5.71. The van der Waals surface area contributed by atoms with Crippen LogP contribution in [0.1, 0.15) is 16.7 Å². The summed E-state index contributed by atoms with van der Waals surface area (Å²) >= 11 is 0. The number of rotatable bonds is 4. The molecule has 2 nitrogen and oxygen atoms in total. The maximum Gasteiger partial charge on any atom is 0.213 e. The molecule has 0 radical (unpaired) electrons. The number of benzene rings is 2. The van der Waals surface area contributed by atoms with Crippen molar-refractivity contribution in [1.82, 2.24) is 4.98 Å². The second-order valence-corrected chi connectivity index (χ2v) is 5.33. The van der Waals surface area contributed by atoms with E-state index >= 15 is 0 Å². The Hall–Kier alpha value is -3.05. The largest absolute Gasteiger partial charge is 0.473 e. The van der Waals surface area contributed by atoms with E-state index in [4.69, 9.17) is 11.2 Å². The van der Waals surface area contributed by atoms with E-state index in [0.29, 0.717) is 12.5 Å². The van der Waals surface area contributed by atoms with Gasteiger partial charge in [0.25, 0.3) is 0 Å². The molecule has 0 saturated carbocycles. The Morgan fingerprint density at radius 3 is 2.43 bits per heavy atom. The summed E-state index contributed by atoms with van der Waals surface area (Å²) in [6, 6.07) is 20.0. The molecule has 23 heavy (non-hydrogen) atoms. The first kappa shape index (κ1) is 14.9. The van der Waals surface area contributed by atoms with Gasteiger partial charge in [0.1, 0.15) is 6.61 Å². The summed E-state index contributed by atoms with van der Waals surface area (Å²) in [5.41, 5.74) is 5.28. The number of hydrogen-bond donors (Lipinski definition) is 0. The molecule has 0 spiro atoms. The van der Waals surface area contributed by atoms with Crippen LogP contribution in [0.4, 0.5) is 0 Å². The summed E-state index contributed by atoms with van der Waals surface area (Å²) in [4.78, 5) is 4.38. The van der Waals surface area contributed by atoms with Gasteiger partial charge >= 0.3 is 0 Å². The summed E-state index contributed by atoms with van der Waals surface area (Å²) in [6.45, 7) is 2.53. The summed E-state index contributed by atoms with van der Waals surface area (Å²) in [5.74, 6) is 3.30. The smallest absolute Gasteiger partial charge is 0.213 e. The van der Waals surface area contributed by atoms with Gasteiger partial charge in [-0.3, -0.25) is 0 Å². The Labute approximate surface area is 136 Å². The Bertz CT molecular complexity index is 830. The molecule has 0 amide bonds. The molecule has 0 fully saturated rings. The van der Waals surface area contributed by atoms with Crippen molar-refractivity contribution in [1.29, 1.82) is 0 Å². The second-order valence-electron chi connectivity index (χ2n) is 5.33. The molecule has 112 valence electrons. The summed E-state index contributed by atoms with van der Waals surface area (Å²) in [5, 5.41) is 0. The van der Waals surface area contributed by atoms with Crippen molar-refractivity contribution in [2.24, 2.45) is 0 Å². The molecule has 0 atom stereocenters. The Morgan fingerprint density at radius 1 is 1.00 bits per heavy atom. The quantitative estimate of drug-likeness (QED) is 0.656. The van der Waals surface area contributed by atoms with E-state index in [-0.39, 0.29) is 0 Å². The average Bonchev–Trinajstić information content (AvgIpc) is 2.61. The van der Waals surface area contributed by atoms with Gasteiger partial charge in [0.15, 0.2) is 0 Å². The van der Waals surface area contributed by atoms with E-state index in [0.717, 1.165) is 27.8 Å². The van der Waals surface area contributed by atoms with Crippen LogP contribution in [0, 0.1) is 19.3 Å². The number of pyridine rings is 1. The van der Waals surface area contributed by atoms with Crippen molar-refractivity contribution in [3.63, 3.8) is 0 Å². The first-order valence-corrected chi connectivity index (χ1v) is 7.46. The molecule has 0 saturated heterocycles. The maximum atomic E-state index is 5.71. The van der Waals surface area contributed by atoms with Gasteiger partial charge in [-0.1, -0.05) is 48.4 Å². The Kier molecular flexibility index (Phi) is 4.40. The fourth-order valence-corrected chi connectivity index (χ4v) is 2.37.